The van der Waals surface area contributed by atoms with E-state index in [4.69, 9.17) is 10.9 Å². The Kier molecular flexibility index (Phi) is 4.39. The Labute approximate surface area is 124 Å². The van der Waals surface area contributed by atoms with Crippen LogP contribution in [-0.4, -0.2) is 21.0 Å². The van der Waals surface area contributed by atoms with Crippen molar-refractivity contribution in [3.05, 3.63) is 57.8 Å². The van der Waals surface area contributed by atoms with E-state index < -0.39 is 4.92 Å². The molecule has 0 saturated carbocycles. The van der Waals surface area contributed by atoms with Gasteiger partial charge in [-0.15, -0.1) is 0 Å². The van der Waals surface area contributed by atoms with Gasteiger partial charge in [0.15, 0.2) is 10.9 Å². The molecule has 0 aliphatic rings. The first-order valence-electron chi connectivity index (χ1n) is 5.88. The van der Waals surface area contributed by atoms with Crippen LogP contribution in [0, 0.1) is 17.0 Å². The van der Waals surface area contributed by atoms with E-state index in [1.807, 2.05) is 31.2 Å². The molecule has 0 amide bonds. The van der Waals surface area contributed by atoms with Crippen LogP contribution < -0.4 is 5.73 Å². The fraction of sp³-hybridized carbons (Fsp3) is 0.0769. The van der Waals surface area contributed by atoms with Gasteiger partial charge in [-0.25, -0.2) is 4.98 Å². The molecule has 21 heavy (non-hydrogen) atoms. The van der Waals surface area contributed by atoms with E-state index >= 15 is 0 Å². The van der Waals surface area contributed by atoms with Gasteiger partial charge >= 0.3 is 5.69 Å². The maximum absolute atomic E-state index is 11.2. The quantitative estimate of drug-likeness (QED) is 0.295. The van der Waals surface area contributed by atoms with Crippen LogP contribution in [0.4, 0.5) is 5.69 Å². The number of nitrogens with zero attached hydrogens (tertiary/aromatic N) is 3. The Morgan fingerprint density at radius 3 is 2.81 bits per heavy atom. The van der Waals surface area contributed by atoms with Crippen LogP contribution in [0.2, 0.25) is 0 Å². The van der Waals surface area contributed by atoms with E-state index in [1.165, 1.54) is 24.0 Å². The molecule has 0 bridgehead atoms. The van der Waals surface area contributed by atoms with E-state index in [0.29, 0.717) is 0 Å². The van der Waals surface area contributed by atoms with Crippen LogP contribution in [0.15, 0.2) is 51.6 Å². The number of aryl methyl sites for hydroxylation is 1. The van der Waals surface area contributed by atoms with Crippen LogP contribution in [0.25, 0.3) is 0 Å². The van der Waals surface area contributed by atoms with Gasteiger partial charge in [0, 0.05) is 22.7 Å². The predicted molar refractivity (Wildman–Crippen MR) is 78.7 cm³/mol. The Balaban J connectivity index is 2.44. The zero-order valence-corrected chi connectivity index (χ0v) is 11.9. The summed E-state index contributed by atoms with van der Waals surface area (Å²) >= 11 is 1.20. The zero-order chi connectivity index (χ0) is 15.4. The topological polar surface area (TPSA) is 115 Å². The molecule has 0 spiro atoms. The van der Waals surface area contributed by atoms with Crippen molar-refractivity contribution in [3.63, 3.8) is 0 Å². The van der Waals surface area contributed by atoms with Crippen LogP contribution in [0.3, 0.4) is 0 Å². The van der Waals surface area contributed by atoms with Crippen molar-refractivity contribution in [1.82, 2.24) is 4.98 Å². The lowest BCUT2D eigenvalue weighted by atomic mass is 10.2. The average molecular weight is 304 g/mol. The summed E-state index contributed by atoms with van der Waals surface area (Å²) in [6.45, 7) is 1.92. The average Bonchev–Trinajstić information content (AvgIpc) is 2.49. The minimum atomic E-state index is -0.540. The summed E-state index contributed by atoms with van der Waals surface area (Å²) in [5.41, 5.74) is 6.43. The van der Waals surface area contributed by atoms with Crippen molar-refractivity contribution >= 4 is 23.3 Å². The molecule has 0 saturated heterocycles. The molecule has 7 nitrogen and oxygen atoms in total. The highest BCUT2D eigenvalue weighted by Gasteiger charge is 2.19. The standard InChI is InChI=1S/C13H12N4O3S/c1-8-4-2-3-5-11(8)21-13-10(17(19)20)6-9(7-15-13)12(14)16-18/h2-7,18H,1H3,(H2,14,16). The molecule has 0 atom stereocenters. The van der Waals surface area contributed by atoms with Gasteiger partial charge in [0.25, 0.3) is 0 Å². The first kappa shape index (κ1) is 14.8. The van der Waals surface area contributed by atoms with Gasteiger partial charge in [-0.3, -0.25) is 10.1 Å². The maximum atomic E-state index is 11.2. The highest BCUT2D eigenvalue weighted by atomic mass is 32.2. The number of hydrogen-bond acceptors (Lipinski definition) is 6. The number of benzene rings is 1. The molecule has 108 valence electrons. The largest absolute Gasteiger partial charge is 0.409 e. The van der Waals surface area contributed by atoms with Crippen molar-refractivity contribution in [2.75, 3.05) is 0 Å². The molecule has 1 aromatic heterocycles. The Bertz CT molecular complexity index is 718. The minimum absolute atomic E-state index is 0.188. The second-order valence-electron chi connectivity index (χ2n) is 4.16. The van der Waals surface area contributed by atoms with E-state index in [2.05, 4.69) is 10.1 Å². The van der Waals surface area contributed by atoms with Gasteiger partial charge < -0.3 is 10.9 Å². The normalized spacial score (nSPS) is 11.4. The predicted octanol–water partition coefficient (Wildman–Crippen LogP) is 2.54. The fourth-order valence-corrected chi connectivity index (χ4v) is 2.55. The summed E-state index contributed by atoms with van der Waals surface area (Å²) in [7, 11) is 0. The summed E-state index contributed by atoms with van der Waals surface area (Å²) in [6, 6.07) is 8.76. The van der Waals surface area contributed by atoms with Crippen molar-refractivity contribution < 1.29 is 10.1 Å². The lowest BCUT2D eigenvalue weighted by molar-refractivity contribution is -0.388. The summed E-state index contributed by atoms with van der Waals surface area (Å²) in [5.74, 6) is -0.224. The fourth-order valence-electron chi connectivity index (χ4n) is 1.62. The van der Waals surface area contributed by atoms with Crippen molar-refractivity contribution in [2.45, 2.75) is 16.8 Å². The van der Waals surface area contributed by atoms with Gasteiger partial charge in [0.1, 0.15) is 0 Å². The molecule has 1 heterocycles. The number of rotatable bonds is 4. The van der Waals surface area contributed by atoms with Crippen molar-refractivity contribution in [3.8, 4) is 0 Å². The zero-order valence-electron chi connectivity index (χ0n) is 11.1. The highest BCUT2D eigenvalue weighted by molar-refractivity contribution is 7.99. The molecule has 1 aromatic carbocycles. The molecule has 0 unspecified atom stereocenters. The summed E-state index contributed by atoms with van der Waals surface area (Å²) in [5, 5.41) is 22.9. The smallest absolute Gasteiger partial charge is 0.302 e. The van der Waals surface area contributed by atoms with E-state index in [-0.39, 0.29) is 22.1 Å². The Hall–Kier alpha value is -2.61. The molecule has 0 aliphatic heterocycles. The third kappa shape index (κ3) is 3.29. The summed E-state index contributed by atoms with van der Waals surface area (Å²) in [4.78, 5) is 15.6. The molecule has 0 radical (unpaired) electrons. The molecule has 2 aromatic rings. The van der Waals surface area contributed by atoms with Gasteiger partial charge in [-0.2, -0.15) is 0 Å². The monoisotopic (exact) mass is 304 g/mol. The van der Waals surface area contributed by atoms with Crippen molar-refractivity contribution in [2.24, 2.45) is 10.9 Å². The number of hydrogen-bond donors (Lipinski definition) is 2. The van der Waals surface area contributed by atoms with Crippen LogP contribution >= 0.6 is 11.8 Å². The second kappa shape index (κ2) is 6.23. The number of nitrogens with two attached hydrogens (primary N) is 1. The van der Waals surface area contributed by atoms with Gasteiger partial charge in [-0.1, -0.05) is 35.1 Å². The summed E-state index contributed by atoms with van der Waals surface area (Å²) in [6.07, 6.45) is 1.34. The number of nitro groups is 1. The number of amidine groups is 1. The van der Waals surface area contributed by atoms with Gasteiger partial charge in [-0.05, 0) is 18.6 Å². The highest BCUT2D eigenvalue weighted by Crippen LogP contribution is 2.34. The first-order valence-corrected chi connectivity index (χ1v) is 6.70. The molecular formula is C13H12N4O3S. The third-order valence-electron chi connectivity index (χ3n) is 2.73. The minimum Gasteiger partial charge on any atom is -0.409 e. The first-order chi connectivity index (χ1) is 10.0. The SMILES string of the molecule is Cc1ccccc1Sc1ncc(/C(N)=N/O)cc1[N+](=O)[O-]. The summed E-state index contributed by atoms with van der Waals surface area (Å²) < 4.78 is 0. The molecule has 8 heteroatoms. The maximum Gasteiger partial charge on any atom is 0.302 e. The molecule has 0 fully saturated rings. The third-order valence-corrected chi connectivity index (χ3v) is 3.92. The number of aromatic nitrogens is 1. The van der Waals surface area contributed by atoms with Crippen LogP contribution in [0.5, 0.6) is 0 Å². The van der Waals surface area contributed by atoms with E-state index in [0.717, 1.165) is 10.5 Å². The molecule has 2 rings (SSSR count). The molecular weight excluding hydrogens is 292 g/mol. The van der Waals surface area contributed by atoms with E-state index in [9.17, 15) is 10.1 Å². The van der Waals surface area contributed by atoms with Crippen LogP contribution in [-0.2, 0) is 0 Å². The van der Waals surface area contributed by atoms with Gasteiger partial charge in [0.05, 0.1) is 4.92 Å². The molecule has 0 aliphatic carbocycles. The van der Waals surface area contributed by atoms with Gasteiger partial charge in [0.2, 0.25) is 0 Å². The van der Waals surface area contributed by atoms with E-state index in [1.54, 1.807) is 0 Å². The number of pyridine rings is 1. The Morgan fingerprint density at radius 1 is 1.48 bits per heavy atom. The lowest BCUT2D eigenvalue weighted by Crippen LogP contribution is -2.14. The number of oxime groups is 1. The van der Waals surface area contributed by atoms with Crippen molar-refractivity contribution in [1.29, 1.82) is 0 Å². The second-order valence-corrected chi connectivity index (χ2v) is 5.19. The van der Waals surface area contributed by atoms with Crippen LogP contribution in [0.1, 0.15) is 11.1 Å². The lowest BCUT2D eigenvalue weighted by Gasteiger charge is -2.06. The Morgan fingerprint density at radius 2 is 2.19 bits per heavy atom. The molecule has 3 N–H and O–H groups in total.